The van der Waals surface area contributed by atoms with E-state index in [1.165, 1.54) is 6.33 Å². The molecular weight excluding hydrogens is 312 g/mol. The van der Waals surface area contributed by atoms with Crippen LogP contribution in [0, 0.1) is 0 Å². The first-order valence-corrected chi connectivity index (χ1v) is 8.14. The van der Waals surface area contributed by atoms with Crippen LogP contribution in [0.25, 0.3) is 0 Å². The van der Waals surface area contributed by atoms with Crippen LogP contribution in [0.2, 0.25) is 0 Å². The van der Waals surface area contributed by atoms with E-state index in [0.29, 0.717) is 23.4 Å². The Morgan fingerprint density at radius 2 is 2.05 bits per heavy atom. The molecule has 1 aromatic heterocycles. The molecule has 9 heteroatoms. The lowest BCUT2D eigenvalue weighted by Crippen LogP contribution is -2.27. The van der Waals surface area contributed by atoms with Gasteiger partial charge in [0, 0.05) is 18.5 Å². The van der Waals surface area contributed by atoms with E-state index in [1.807, 2.05) is 0 Å². The second kappa shape index (κ2) is 6.74. The number of nitrogens with zero attached hydrogens (tertiary/aromatic N) is 2. The van der Waals surface area contributed by atoms with E-state index < -0.39 is 10.0 Å². The molecule has 1 aromatic carbocycles. The van der Waals surface area contributed by atoms with E-state index in [-0.39, 0.29) is 17.3 Å². The van der Waals surface area contributed by atoms with Gasteiger partial charge in [-0.3, -0.25) is 0 Å². The van der Waals surface area contributed by atoms with Gasteiger partial charge < -0.3 is 10.3 Å². The molecule has 0 amide bonds. The maximum Gasteiger partial charge on any atom is 0.227 e. The quantitative estimate of drug-likeness (QED) is 0.707. The zero-order valence-electron chi connectivity index (χ0n) is 11.0. The summed E-state index contributed by atoms with van der Waals surface area (Å²) in [6.45, 7) is 0.204. The monoisotopic (exact) mass is 326 g/mol. The lowest BCUT2D eigenvalue weighted by atomic mass is 10.1. The molecule has 0 bridgehead atoms. The van der Waals surface area contributed by atoms with Crippen LogP contribution in [0.15, 0.2) is 35.1 Å². The molecule has 7 nitrogen and oxygen atoms in total. The molecule has 21 heavy (non-hydrogen) atoms. The second-order valence-corrected chi connectivity index (χ2v) is 6.55. The molecule has 0 saturated carbocycles. The van der Waals surface area contributed by atoms with Gasteiger partial charge in [-0.2, -0.15) is 4.98 Å². The van der Waals surface area contributed by atoms with Crippen LogP contribution in [-0.2, 0) is 22.2 Å². The molecule has 0 saturated heterocycles. The molecule has 0 radical (unpaired) electrons. The Bertz CT molecular complexity index is 697. The van der Waals surface area contributed by atoms with Gasteiger partial charge in [0.25, 0.3) is 0 Å². The number of thiocarbonyl (C=S) groups is 1. The van der Waals surface area contributed by atoms with Crippen molar-refractivity contribution in [3.63, 3.8) is 0 Å². The highest BCUT2D eigenvalue weighted by molar-refractivity contribution is 7.88. The standard InChI is InChI=1S/C12H14N4O3S2/c13-12(20)10-3-1-9(2-4-10)7-21(17,18)16-6-5-11-14-8-15-19-11/h1-4,8,16H,5-7H2,(H2,13,20). The summed E-state index contributed by atoms with van der Waals surface area (Å²) in [5.74, 6) is 0.271. The third kappa shape index (κ3) is 4.88. The van der Waals surface area contributed by atoms with Gasteiger partial charge in [0.1, 0.15) is 4.99 Å². The zero-order valence-corrected chi connectivity index (χ0v) is 12.7. The number of aromatic nitrogens is 2. The Kier molecular flexibility index (Phi) is 4.99. The van der Waals surface area contributed by atoms with E-state index in [9.17, 15) is 8.42 Å². The highest BCUT2D eigenvalue weighted by atomic mass is 32.2. The molecule has 0 unspecified atom stereocenters. The van der Waals surface area contributed by atoms with E-state index in [0.717, 1.165) is 0 Å². The minimum atomic E-state index is -3.42. The van der Waals surface area contributed by atoms with Crippen molar-refractivity contribution >= 4 is 27.2 Å². The molecule has 1 heterocycles. The fourth-order valence-corrected chi connectivity index (χ4v) is 2.94. The molecule has 0 aliphatic rings. The van der Waals surface area contributed by atoms with E-state index in [4.69, 9.17) is 22.5 Å². The predicted octanol–water partition coefficient (Wildman–Crippen LogP) is 0.366. The van der Waals surface area contributed by atoms with Gasteiger partial charge in [0.05, 0.1) is 5.75 Å². The second-order valence-electron chi connectivity index (χ2n) is 4.30. The van der Waals surface area contributed by atoms with Crippen LogP contribution < -0.4 is 10.5 Å². The first-order valence-electron chi connectivity index (χ1n) is 6.08. The zero-order chi connectivity index (χ0) is 15.3. The van der Waals surface area contributed by atoms with Gasteiger partial charge in [0.15, 0.2) is 6.33 Å². The Morgan fingerprint density at radius 3 is 2.62 bits per heavy atom. The first kappa shape index (κ1) is 15.5. The number of sulfonamides is 1. The maximum absolute atomic E-state index is 11.9. The SMILES string of the molecule is NC(=S)c1ccc(CS(=O)(=O)NCCc2ncno2)cc1. The summed E-state index contributed by atoms with van der Waals surface area (Å²) >= 11 is 4.84. The molecule has 2 rings (SSSR count). The fourth-order valence-electron chi connectivity index (χ4n) is 1.66. The van der Waals surface area contributed by atoms with Crippen molar-refractivity contribution < 1.29 is 12.9 Å². The van der Waals surface area contributed by atoms with Crippen LogP contribution in [0.1, 0.15) is 17.0 Å². The van der Waals surface area contributed by atoms with Gasteiger partial charge >= 0.3 is 0 Å². The normalized spacial score (nSPS) is 11.4. The number of benzene rings is 1. The summed E-state index contributed by atoms with van der Waals surface area (Å²) in [6.07, 6.45) is 1.62. The first-order chi connectivity index (χ1) is 9.96. The number of nitrogens with two attached hydrogens (primary N) is 1. The largest absolute Gasteiger partial charge is 0.389 e. The van der Waals surface area contributed by atoms with Crippen molar-refractivity contribution in [1.29, 1.82) is 0 Å². The summed E-state index contributed by atoms with van der Waals surface area (Å²) in [4.78, 5) is 4.09. The summed E-state index contributed by atoms with van der Waals surface area (Å²) in [5.41, 5.74) is 6.84. The molecular formula is C12H14N4O3S2. The summed E-state index contributed by atoms with van der Waals surface area (Å²) < 4.78 is 31.1. The van der Waals surface area contributed by atoms with Gasteiger partial charge in [-0.05, 0) is 5.56 Å². The van der Waals surface area contributed by atoms with E-state index >= 15 is 0 Å². The third-order valence-electron chi connectivity index (χ3n) is 2.66. The fraction of sp³-hybridized carbons (Fsp3) is 0.250. The summed E-state index contributed by atoms with van der Waals surface area (Å²) in [6, 6.07) is 6.77. The van der Waals surface area contributed by atoms with Crippen molar-refractivity contribution in [2.75, 3.05) is 6.54 Å². The predicted molar refractivity (Wildman–Crippen MR) is 81.0 cm³/mol. The minimum absolute atomic E-state index is 0.117. The van der Waals surface area contributed by atoms with Crippen molar-refractivity contribution in [2.24, 2.45) is 5.73 Å². The Morgan fingerprint density at radius 1 is 1.33 bits per heavy atom. The lowest BCUT2D eigenvalue weighted by Gasteiger charge is -2.06. The van der Waals surface area contributed by atoms with Crippen molar-refractivity contribution in [3.8, 4) is 0 Å². The molecule has 0 aliphatic carbocycles. The summed E-state index contributed by atoms with van der Waals surface area (Å²) in [7, 11) is -3.42. The summed E-state index contributed by atoms with van der Waals surface area (Å²) in [5, 5.41) is 3.44. The smallest absolute Gasteiger partial charge is 0.227 e. The van der Waals surface area contributed by atoms with Crippen LogP contribution >= 0.6 is 12.2 Å². The average molecular weight is 326 g/mol. The van der Waals surface area contributed by atoms with Gasteiger partial charge in [-0.15, -0.1) is 0 Å². The van der Waals surface area contributed by atoms with E-state index in [2.05, 4.69) is 14.9 Å². The van der Waals surface area contributed by atoms with Gasteiger partial charge in [-0.25, -0.2) is 13.1 Å². The number of rotatable bonds is 7. The third-order valence-corrected chi connectivity index (χ3v) is 4.26. The lowest BCUT2D eigenvalue weighted by molar-refractivity contribution is 0.377. The van der Waals surface area contributed by atoms with Gasteiger partial charge in [0.2, 0.25) is 15.9 Å². The van der Waals surface area contributed by atoms with Crippen LogP contribution in [0.3, 0.4) is 0 Å². The molecule has 3 N–H and O–H groups in total. The van der Waals surface area contributed by atoms with Crippen molar-refractivity contribution in [1.82, 2.24) is 14.9 Å². The minimum Gasteiger partial charge on any atom is -0.389 e. The molecule has 2 aromatic rings. The van der Waals surface area contributed by atoms with Gasteiger partial charge in [-0.1, -0.05) is 41.6 Å². The Balaban J connectivity index is 1.89. The number of nitrogens with one attached hydrogen (secondary N) is 1. The van der Waals surface area contributed by atoms with Crippen molar-refractivity contribution in [3.05, 3.63) is 47.6 Å². The van der Waals surface area contributed by atoms with Crippen LogP contribution in [0.5, 0.6) is 0 Å². The highest BCUT2D eigenvalue weighted by Crippen LogP contribution is 2.08. The average Bonchev–Trinajstić information content (AvgIpc) is 2.91. The topological polar surface area (TPSA) is 111 Å². The van der Waals surface area contributed by atoms with Crippen LogP contribution in [0.4, 0.5) is 0 Å². The highest BCUT2D eigenvalue weighted by Gasteiger charge is 2.12. The molecule has 0 spiro atoms. The van der Waals surface area contributed by atoms with Crippen LogP contribution in [-0.4, -0.2) is 30.1 Å². The molecule has 112 valence electrons. The van der Waals surface area contributed by atoms with Crippen molar-refractivity contribution in [2.45, 2.75) is 12.2 Å². The maximum atomic E-state index is 11.9. The van der Waals surface area contributed by atoms with E-state index in [1.54, 1.807) is 24.3 Å². The number of hydrogen-bond donors (Lipinski definition) is 2. The Labute approximate surface area is 127 Å². The molecule has 0 fully saturated rings. The molecule has 0 atom stereocenters. The number of hydrogen-bond acceptors (Lipinski definition) is 6. The molecule has 0 aliphatic heterocycles. The Hall–Kier alpha value is -1.84.